The van der Waals surface area contributed by atoms with Gasteiger partial charge in [0.05, 0.1) is 11.7 Å². The molecule has 1 heterocycles. The molecule has 1 saturated heterocycles. The standard InChI is InChI=1S/C16H21NO3S/c1-11-5-3-4-6-14(11)21-10-15(18)17-8-7-13(16(19)20)9-12(17)2/h3-6,12-13H,7-10H2,1-2H3,(H,19,20). The van der Waals surface area contributed by atoms with Crippen LogP contribution in [0.15, 0.2) is 29.2 Å². The van der Waals surface area contributed by atoms with Crippen molar-refractivity contribution in [1.82, 2.24) is 4.90 Å². The Labute approximate surface area is 129 Å². The first-order chi connectivity index (χ1) is 9.99. The molecule has 0 aromatic heterocycles. The number of likely N-dealkylation sites (tertiary alicyclic amines) is 1. The van der Waals surface area contributed by atoms with Gasteiger partial charge in [-0.3, -0.25) is 9.59 Å². The van der Waals surface area contributed by atoms with Gasteiger partial charge in [0, 0.05) is 17.5 Å². The van der Waals surface area contributed by atoms with Crippen LogP contribution in [0.2, 0.25) is 0 Å². The van der Waals surface area contributed by atoms with Gasteiger partial charge in [-0.2, -0.15) is 0 Å². The van der Waals surface area contributed by atoms with E-state index in [4.69, 9.17) is 5.11 Å². The van der Waals surface area contributed by atoms with Gasteiger partial charge in [-0.1, -0.05) is 18.2 Å². The number of carbonyl (C=O) groups excluding carboxylic acids is 1. The minimum Gasteiger partial charge on any atom is -0.481 e. The quantitative estimate of drug-likeness (QED) is 0.869. The molecule has 1 amide bonds. The van der Waals surface area contributed by atoms with Gasteiger partial charge in [0.2, 0.25) is 5.91 Å². The van der Waals surface area contributed by atoms with Crippen molar-refractivity contribution >= 4 is 23.6 Å². The summed E-state index contributed by atoms with van der Waals surface area (Å²) in [4.78, 5) is 26.3. The van der Waals surface area contributed by atoms with E-state index < -0.39 is 5.97 Å². The summed E-state index contributed by atoms with van der Waals surface area (Å²) >= 11 is 1.55. The Balaban J connectivity index is 1.89. The minimum absolute atomic E-state index is 0.00446. The van der Waals surface area contributed by atoms with E-state index in [-0.39, 0.29) is 17.9 Å². The van der Waals surface area contributed by atoms with Gasteiger partial charge in [-0.05, 0) is 38.3 Å². The van der Waals surface area contributed by atoms with Crippen LogP contribution in [0, 0.1) is 12.8 Å². The fourth-order valence-corrected chi connectivity index (χ4v) is 3.62. The summed E-state index contributed by atoms with van der Waals surface area (Å²) < 4.78 is 0. The number of aliphatic carboxylic acids is 1. The Morgan fingerprint density at radius 3 is 2.71 bits per heavy atom. The van der Waals surface area contributed by atoms with Crippen molar-refractivity contribution in [2.45, 2.75) is 37.6 Å². The van der Waals surface area contributed by atoms with E-state index in [1.807, 2.05) is 43.0 Å². The van der Waals surface area contributed by atoms with Crippen LogP contribution in [-0.4, -0.2) is 40.2 Å². The maximum atomic E-state index is 12.3. The number of rotatable bonds is 4. The Kier molecular flexibility index (Phi) is 5.28. The van der Waals surface area contributed by atoms with Gasteiger partial charge in [0.15, 0.2) is 0 Å². The molecule has 1 aromatic carbocycles. The van der Waals surface area contributed by atoms with Crippen LogP contribution < -0.4 is 0 Å². The predicted octanol–water partition coefficient (Wildman–Crippen LogP) is 2.80. The third-order valence-electron chi connectivity index (χ3n) is 3.99. The maximum absolute atomic E-state index is 12.3. The van der Waals surface area contributed by atoms with E-state index in [0.717, 1.165) is 4.90 Å². The van der Waals surface area contributed by atoms with Crippen LogP contribution in [0.1, 0.15) is 25.3 Å². The van der Waals surface area contributed by atoms with E-state index in [9.17, 15) is 9.59 Å². The first kappa shape index (κ1) is 15.9. The Morgan fingerprint density at radius 2 is 2.10 bits per heavy atom. The number of amides is 1. The molecular weight excluding hydrogens is 286 g/mol. The Hall–Kier alpha value is -1.49. The zero-order valence-corrected chi connectivity index (χ0v) is 13.2. The number of hydrogen-bond acceptors (Lipinski definition) is 3. The highest BCUT2D eigenvalue weighted by Crippen LogP contribution is 2.26. The summed E-state index contributed by atoms with van der Waals surface area (Å²) in [6.45, 7) is 4.52. The van der Waals surface area contributed by atoms with Crippen LogP contribution in [0.25, 0.3) is 0 Å². The second-order valence-electron chi connectivity index (χ2n) is 5.55. The number of hydrogen-bond donors (Lipinski definition) is 1. The fraction of sp³-hybridized carbons (Fsp3) is 0.500. The van der Waals surface area contributed by atoms with Crippen molar-refractivity contribution < 1.29 is 14.7 Å². The molecule has 0 saturated carbocycles. The average molecular weight is 307 g/mol. The average Bonchev–Trinajstić information content (AvgIpc) is 2.46. The van der Waals surface area contributed by atoms with Gasteiger partial charge in [0.25, 0.3) is 0 Å². The first-order valence-electron chi connectivity index (χ1n) is 7.19. The molecule has 1 aliphatic heterocycles. The van der Waals surface area contributed by atoms with Crippen LogP contribution in [0.3, 0.4) is 0 Å². The molecule has 2 atom stereocenters. The molecule has 0 aliphatic carbocycles. The first-order valence-corrected chi connectivity index (χ1v) is 8.18. The highest BCUT2D eigenvalue weighted by molar-refractivity contribution is 8.00. The highest BCUT2D eigenvalue weighted by atomic mass is 32.2. The summed E-state index contributed by atoms with van der Waals surface area (Å²) in [5.41, 5.74) is 1.17. The zero-order chi connectivity index (χ0) is 15.4. The molecule has 21 heavy (non-hydrogen) atoms. The molecule has 5 heteroatoms. The minimum atomic E-state index is -0.747. The fourth-order valence-electron chi connectivity index (χ4n) is 2.71. The normalized spacial score (nSPS) is 22.1. The van der Waals surface area contributed by atoms with E-state index in [0.29, 0.717) is 25.1 Å². The molecule has 0 spiro atoms. The number of carbonyl (C=O) groups is 2. The molecule has 4 nitrogen and oxygen atoms in total. The number of benzene rings is 1. The summed E-state index contributed by atoms with van der Waals surface area (Å²) in [5, 5.41) is 9.06. The van der Waals surface area contributed by atoms with E-state index >= 15 is 0 Å². The third kappa shape index (κ3) is 4.00. The number of piperidine rings is 1. The van der Waals surface area contributed by atoms with Gasteiger partial charge in [0.1, 0.15) is 0 Å². The Morgan fingerprint density at radius 1 is 1.38 bits per heavy atom. The summed E-state index contributed by atoms with van der Waals surface area (Å²) in [6.07, 6.45) is 1.11. The van der Waals surface area contributed by atoms with Crippen molar-refractivity contribution in [1.29, 1.82) is 0 Å². The molecular formula is C16H21NO3S. The topological polar surface area (TPSA) is 57.6 Å². The number of nitrogens with zero attached hydrogens (tertiary/aromatic N) is 1. The molecule has 1 aliphatic rings. The molecule has 114 valence electrons. The van der Waals surface area contributed by atoms with Gasteiger partial charge in [-0.15, -0.1) is 11.8 Å². The van der Waals surface area contributed by atoms with Crippen LogP contribution in [0.5, 0.6) is 0 Å². The lowest BCUT2D eigenvalue weighted by Gasteiger charge is -2.36. The van der Waals surface area contributed by atoms with Crippen molar-refractivity contribution in [2.75, 3.05) is 12.3 Å². The zero-order valence-electron chi connectivity index (χ0n) is 12.4. The second-order valence-corrected chi connectivity index (χ2v) is 6.57. The van der Waals surface area contributed by atoms with Crippen LogP contribution >= 0.6 is 11.8 Å². The third-order valence-corrected chi connectivity index (χ3v) is 5.15. The predicted molar refractivity (Wildman–Crippen MR) is 83.4 cm³/mol. The molecule has 0 bridgehead atoms. The summed E-state index contributed by atoms with van der Waals surface area (Å²) in [6, 6.07) is 8.02. The lowest BCUT2D eigenvalue weighted by molar-refractivity contribution is -0.146. The van der Waals surface area contributed by atoms with Gasteiger partial charge >= 0.3 is 5.97 Å². The molecule has 0 radical (unpaired) electrons. The molecule has 2 unspecified atom stereocenters. The number of carboxylic acids is 1. The highest BCUT2D eigenvalue weighted by Gasteiger charge is 2.31. The number of aryl methyl sites for hydroxylation is 1. The van der Waals surface area contributed by atoms with E-state index in [2.05, 4.69) is 0 Å². The smallest absolute Gasteiger partial charge is 0.306 e. The van der Waals surface area contributed by atoms with Crippen LogP contribution in [-0.2, 0) is 9.59 Å². The molecule has 1 N–H and O–H groups in total. The molecule has 2 rings (SSSR count). The maximum Gasteiger partial charge on any atom is 0.306 e. The molecule has 1 fully saturated rings. The lowest BCUT2D eigenvalue weighted by Crippen LogP contribution is -2.46. The van der Waals surface area contributed by atoms with Crippen molar-refractivity contribution in [2.24, 2.45) is 5.92 Å². The molecule has 1 aromatic rings. The number of carboxylic acid groups (broad SMARTS) is 1. The lowest BCUT2D eigenvalue weighted by atomic mass is 9.92. The monoisotopic (exact) mass is 307 g/mol. The van der Waals surface area contributed by atoms with Gasteiger partial charge in [-0.25, -0.2) is 0 Å². The number of thioether (sulfide) groups is 1. The van der Waals surface area contributed by atoms with Crippen molar-refractivity contribution in [3.8, 4) is 0 Å². The van der Waals surface area contributed by atoms with E-state index in [1.165, 1.54) is 5.56 Å². The van der Waals surface area contributed by atoms with E-state index in [1.54, 1.807) is 11.8 Å². The van der Waals surface area contributed by atoms with Gasteiger partial charge < -0.3 is 10.0 Å². The van der Waals surface area contributed by atoms with Crippen LogP contribution in [0.4, 0.5) is 0 Å². The SMILES string of the molecule is Cc1ccccc1SCC(=O)N1CCC(C(=O)O)CC1C. The van der Waals surface area contributed by atoms with Crippen molar-refractivity contribution in [3.05, 3.63) is 29.8 Å². The summed E-state index contributed by atoms with van der Waals surface area (Å²) in [7, 11) is 0. The van der Waals surface area contributed by atoms with Crippen molar-refractivity contribution in [3.63, 3.8) is 0 Å². The largest absolute Gasteiger partial charge is 0.481 e. The second kappa shape index (κ2) is 6.98. The summed E-state index contributed by atoms with van der Waals surface area (Å²) in [5.74, 6) is -0.552. The Bertz CT molecular complexity index is 532.